The van der Waals surface area contributed by atoms with Gasteiger partial charge in [0.25, 0.3) is 0 Å². The molecule has 4 rings (SSSR count). The molecule has 0 unspecified atom stereocenters. The van der Waals surface area contributed by atoms with Gasteiger partial charge >= 0.3 is 0 Å². The Hall–Kier alpha value is -1.82. The number of fused-ring (bicyclic) bond motifs is 1. The first-order valence-corrected chi connectivity index (χ1v) is 8.59. The molecule has 3 heterocycles. The van der Waals surface area contributed by atoms with Gasteiger partial charge in [-0.25, -0.2) is 9.97 Å². The zero-order valence-corrected chi connectivity index (χ0v) is 14.4. The van der Waals surface area contributed by atoms with Gasteiger partial charge in [0.2, 0.25) is 0 Å². The molecule has 1 atom stereocenters. The van der Waals surface area contributed by atoms with Crippen LogP contribution in [0.2, 0.25) is 10.0 Å². The Bertz CT molecular complexity index is 882. The summed E-state index contributed by atoms with van der Waals surface area (Å²) in [5.74, 6) is 0.798. The van der Waals surface area contributed by atoms with Gasteiger partial charge in [0.1, 0.15) is 5.82 Å². The van der Waals surface area contributed by atoms with Crippen molar-refractivity contribution >= 4 is 39.9 Å². The number of anilines is 1. The van der Waals surface area contributed by atoms with Crippen molar-refractivity contribution < 1.29 is 5.11 Å². The second-order valence-corrected chi connectivity index (χ2v) is 6.68. The van der Waals surface area contributed by atoms with Gasteiger partial charge in [0.05, 0.1) is 40.2 Å². The Kier molecular flexibility index (Phi) is 4.08. The molecule has 1 aliphatic heterocycles. The maximum atomic E-state index is 9.63. The third-order valence-electron chi connectivity index (χ3n) is 4.50. The minimum atomic E-state index is 0.0866. The van der Waals surface area contributed by atoms with Gasteiger partial charge in [0, 0.05) is 30.4 Å². The van der Waals surface area contributed by atoms with E-state index in [1.54, 1.807) is 18.6 Å². The van der Waals surface area contributed by atoms with Crippen LogP contribution < -0.4 is 4.90 Å². The molecule has 0 amide bonds. The summed E-state index contributed by atoms with van der Waals surface area (Å²) in [4.78, 5) is 11.0. The standard InChI is InChI=1S/C17H16Cl2N4O/c18-13-4-3-12-14(22-7-5-20-10-22)8-15(21-17(12)16(13)19)23-6-1-2-11(23)9-24/h3-5,7-8,10-11,24H,1-2,6,9H2/t11-/m0/s1. The van der Waals surface area contributed by atoms with Gasteiger partial charge in [-0.05, 0) is 25.0 Å². The van der Waals surface area contributed by atoms with Gasteiger partial charge in [-0.15, -0.1) is 0 Å². The Morgan fingerprint density at radius 3 is 2.92 bits per heavy atom. The van der Waals surface area contributed by atoms with Crippen molar-refractivity contribution in [3.8, 4) is 5.69 Å². The number of imidazole rings is 1. The van der Waals surface area contributed by atoms with E-state index in [9.17, 15) is 5.11 Å². The zero-order valence-electron chi connectivity index (χ0n) is 12.9. The highest BCUT2D eigenvalue weighted by Crippen LogP contribution is 2.36. The maximum absolute atomic E-state index is 9.63. The van der Waals surface area contributed by atoms with E-state index in [4.69, 9.17) is 28.2 Å². The molecule has 1 saturated heterocycles. The van der Waals surface area contributed by atoms with Crippen LogP contribution in [0.1, 0.15) is 12.8 Å². The molecule has 1 aromatic carbocycles. The smallest absolute Gasteiger partial charge is 0.131 e. The van der Waals surface area contributed by atoms with Gasteiger partial charge in [-0.2, -0.15) is 0 Å². The van der Waals surface area contributed by atoms with E-state index in [1.165, 1.54) is 0 Å². The lowest BCUT2D eigenvalue weighted by molar-refractivity contribution is 0.266. The first-order chi connectivity index (χ1) is 11.7. The first kappa shape index (κ1) is 15.7. The molecule has 0 bridgehead atoms. The van der Waals surface area contributed by atoms with E-state index in [0.29, 0.717) is 15.6 Å². The number of hydrogen-bond donors (Lipinski definition) is 1. The Morgan fingerprint density at radius 1 is 1.29 bits per heavy atom. The summed E-state index contributed by atoms with van der Waals surface area (Å²) < 4.78 is 1.93. The second kappa shape index (κ2) is 6.24. The predicted octanol–water partition coefficient (Wildman–Crippen LogP) is 3.69. The molecule has 0 radical (unpaired) electrons. The molecule has 24 heavy (non-hydrogen) atoms. The number of benzene rings is 1. The number of hydrogen-bond acceptors (Lipinski definition) is 4. The molecular weight excluding hydrogens is 347 g/mol. The fourth-order valence-corrected chi connectivity index (χ4v) is 3.65. The Labute approximate surface area is 149 Å². The average molecular weight is 363 g/mol. The number of nitrogens with zero attached hydrogens (tertiary/aromatic N) is 4. The minimum absolute atomic E-state index is 0.0866. The van der Waals surface area contributed by atoms with Crippen LogP contribution in [-0.4, -0.2) is 38.8 Å². The lowest BCUT2D eigenvalue weighted by atomic mass is 10.1. The third kappa shape index (κ3) is 2.53. The summed E-state index contributed by atoms with van der Waals surface area (Å²) in [5.41, 5.74) is 1.60. The normalized spacial score (nSPS) is 17.8. The van der Waals surface area contributed by atoms with E-state index in [-0.39, 0.29) is 12.6 Å². The molecule has 124 valence electrons. The summed E-state index contributed by atoms with van der Waals surface area (Å²) in [6, 6.07) is 5.80. The first-order valence-electron chi connectivity index (χ1n) is 7.83. The van der Waals surface area contributed by atoms with Crippen LogP contribution in [0.5, 0.6) is 0 Å². The van der Waals surface area contributed by atoms with Crippen molar-refractivity contribution in [2.45, 2.75) is 18.9 Å². The van der Waals surface area contributed by atoms with Crippen molar-refractivity contribution in [3.05, 3.63) is 47.0 Å². The molecule has 1 N–H and O–H groups in total. The second-order valence-electron chi connectivity index (χ2n) is 5.90. The number of aromatic nitrogens is 3. The summed E-state index contributed by atoms with van der Waals surface area (Å²) in [7, 11) is 0. The van der Waals surface area contributed by atoms with Crippen molar-refractivity contribution in [2.75, 3.05) is 18.1 Å². The van der Waals surface area contributed by atoms with Crippen molar-refractivity contribution in [1.29, 1.82) is 0 Å². The van der Waals surface area contributed by atoms with Gasteiger partial charge < -0.3 is 14.6 Å². The number of pyridine rings is 1. The van der Waals surface area contributed by atoms with E-state index in [1.807, 2.05) is 22.9 Å². The quantitative estimate of drug-likeness (QED) is 0.771. The Balaban J connectivity index is 1.97. The highest BCUT2D eigenvalue weighted by atomic mass is 35.5. The number of rotatable bonds is 3. The molecule has 1 fully saturated rings. The number of aliphatic hydroxyl groups excluding tert-OH is 1. The van der Waals surface area contributed by atoms with E-state index in [0.717, 1.165) is 36.3 Å². The fraction of sp³-hybridized carbons (Fsp3) is 0.294. The summed E-state index contributed by atoms with van der Waals surface area (Å²) in [6.45, 7) is 0.981. The number of aliphatic hydroxyl groups is 1. The number of halogens is 2. The fourth-order valence-electron chi connectivity index (χ4n) is 3.29. The van der Waals surface area contributed by atoms with Gasteiger partial charge in [0.15, 0.2) is 0 Å². The van der Waals surface area contributed by atoms with Crippen molar-refractivity contribution in [2.24, 2.45) is 0 Å². The molecule has 0 aliphatic carbocycles. The highest BCUT2D eigenvalue weighted by molar-refractivity contribution is 6.45. The average Bonchev–Trinajstić information content (AvgIpc) is 3.28. The van der Waals surface area contributed by atoms with Crippen LogP contribution in [0.25, 0.3) is 16.6 Å². The van der Waals surface area contributed by atoms with Crippen LogP contribution in [0, 0.1) is 0 Å². The molecule has 2 aromatic heterocycles. The van der Waals surface area contributed by atoms with E-state index in [2.05, 4.69) is 9.88 Å². The van der Waals surface area contributed by atoms with E-state index < -0.39 is 0 Å². The summed E-state index contributed by atoms with van der Waals surface area (Å²) in [5, 5.41) is 11.5. The van der Waals surface area contributed by atoms with Crippen LogP contribution in [-0.2, 0) is 0 Å². The highest BCUT2D eigenvalue weighted by Gasteiger charge is 2.26. The lowest BCUT2D eigenvalue weighted by Gasteiger charge is -2.25. The van der Waals surface area contributed by atoms with Crippen LogP contribution in [0.15, 0.2) is 36.9 Å². The molecule has 0 saturated carbocycles. The van der Waals surface area contributed by atoms with Crippen molar-refractivity contribution in [3.63, 3.8) is 0 Å². The summed E-state index contributed by atoms with van der Waals surface area (Å²) in [6.07, 6.45) is 7.35. The molecule has 5 nitrogen and oxygen atoms in total. The summed E-state index contributed by atoms with van der Waals surface area (Å²) >= 11 is 12.6. The molecule has 1 aliphatic rings. The van der Waals surface area contributed by atoms with Crippen LogP contribution >= 0.6 is 23.2 Å². The van der Waals surface area contributed by atoms with Crippen LogP contribution in [0.3, 0.4) is 0 Å². The lowest BCUT2D eigenvalue weighted by Crippen LogP contribution is -2.32. The maximum Gasteiger partial charge on any atom is 0.131 e. The molecular formula is C17H16Cl2N4O. The Morgan fingerprint density at radius 2 is 2.17 bits per heavy atom. The van der Waals surface area contributed by atoms with E-state index >= 15 is 0 Å². The van der Waals surface area contributed by atoms with Gasteiger partial charge in [-0.3, -0.25) is 0 Å². The minimum Gasteiger partial charge on any atom is -0.394 e. The van der Waals surface area contributed by atoms with Gasteiger partial charge in [-0.1, -0.05) is 23.2 Å². The molecule has 0 spiro atoms. The molecule has 3 aromatic rings. The monoisotopic (exact) mass is 362 g/mol. The SMILES string of the molecule is OC[C@@H]1CCCN1c1cc(-n2ccnc2)c2ccc(Cl)c(Cl)c2n1. The molecule has 7 heteroatoms. The van der Waals surface area contributed by atoms with Crippen molar-refractivity contribution in [1.82, 2.24) is 14.5 Å². The topological polar surface area (TPSA) is 54.2 Å². The van der Waals surface area contributed by atoms with Crippen LogP contribution in [0.4, 0.5) is 5.82 Å². The third-order valence-corrected chi connectivity index (χ3v) is 5.30. The predicted molar refractivity (Wildman–Crippen MR) is 96.3 cm³/mol. The largest absolute Gasteiger partial charge is 0.394 e. The zero-order chi connectivity index (χ0) is 16.7.